The van der Waals surface area contributed by atoms with Crippen LogP contribution in [-0.4, -0.2) is 21.6 Å². The van der Waals surface area contributed by atoms with Crippen LogP contribution in [0.15, 0.2) is 65.7 Å². The fourth-order valence-corrected chi connectivity index (χ4v) is 4.79. The van der Waals surface area contributed by atoms with Crippen molar-refractivity contribution in [2.45, 2.75) is 41.5 Å². The zero-order valence-electron chi connectivity index (χ0n) is 21.8. The van der Waals surface area contributed by atoms with Gasteiger partial charge in [0.2, 0.25) is 0 Å². The maximum absolute atomic E-state index is 14.0. The van der Waals surface area contributed by atoms with Crippen LogP contribution in [0.5, 0.6) is 0 Å². The number of benzene rings is 2. The second kappa shape index (κ2) is 8.85. The molecule has 1 aliphatic heterocycles. The van der Waals surface area contributed by atoms with E-state index >= 15 is 0 Å². The van der Waals surface area contributed by atoms with E-state index in [1.807, 2.05) is 71.1 Å². The van der Waals surface area contributed by atoms with Crippen LogP contribution < -0.4 is 15.0 Å². The Balaban J connectivity index is 1.79. The van der Waals surface area contributed by atoms with Crippen molar-refractivity contribution in [3.63, 3.8) is 0 Å². The van der Waals surface area contributed by atoms with Crippen molar-refractivity contribution in [1.82, 2.24) is 9.78 Å². The van der Waals surface area contributed by atoms with Crippen molar-refractivity contribution in [1.29, 1.82) is 0 Å². The SMILES string of the molecule is Cc1cccc(N2C(=O)C(c3c(C)[nH]n(-c4cccc(C)c4C)c3=O)=C([n+]3ccc(C)c(C)c3)C2=O)c1. The summed E-state index contributed by atoms with van der Waals surface area (Å²) < 4.78 is 3.11. The molecule has 1 aliphatic rings. The molecule has 0 atom stereocenters. The van der Waals surface area contributed by atoms with Gasteiger partial charge in [-0.3, -0.25) is 19.5 Å². The monoisotopic (exact) mass is 493 g/mol. The molecule has 3 heterocycles. The smallest absolute Gasteiger partial charge is 0.295 e. The van der Waals surface area contributed by atoms with Gasteiger partial charge in [0.05, 0.1) is 16.9 Å². The van der Waals surface area contributed by atoms with Crippen LogP contribution in [0.2, 0.25) is 0 Å². The van der Waals surface area contributed by atoms with E-state index < -0.39 is 11.8 Å². The molecule has 7 nitrogen and oxygen atoms in total. The summed E-state index contributed by atoms with van der Waals surface area (Å²) in [7, 11) is 0. The van der Waals surface area contributed by atoms with Crippen molar-refractivity contribution in [2.75, 3.05) is 4.90 Å². The van der Waals surface area contributed by atoms with E-state index in [0.29, 0.717) is 17.1 Å². The number of aromatic amines is 1. The third-order valence-electron chi connectivity index (χ3n) is 7.16. The molecule has 0 saturated carbocycles. The fourth-order valence-electron chi connectivity index (χ4n) is 4.79. The Labute approximate surface area is 215 Å². The maximum Gasteiger partial charge on any atom is 0.331 e. The van der Waals surface area contributed by atoms with Crippen LogP contribution in [-0.2, 0) is 9.59 Å². The number of hydrogen-bond acceptors (Lipinski definition) is 3. The summed E-state index contributed by atoms with van der Waals surface area (Å²) in [5.74, 6) is -0.999. The highest BCUT2D eigenvalue weighted by Crippen LogP contribution is 2.34. The Morgan fingerprint density at radius 2 is 1.51 bits per heavy atom. The molecule has 0 spiro atoms. The lowest BCUT2D eigenvalue weighted by Crippen LogP contribution is -2.40. The average molecular weight is 494 g/mol. The van der Waals surface area contributed by atoms with Gasteiger partial charge in [0.15, 0.2) is 12.4 Å². The normalized spacial score (nSPS) is 13.7. The number of nitrogens with zero attached hydrogens (tertiary/aromatic N) is 3. The Kier molecular flexibility index (Phi) is 5.79. The van der Waals surface area contributed by atoms with E-state index in [0.717, 1.165) is 32.7 Å². The van der Waals surface area contributed by atoms with Gasteiger partial charge in [-0.25, -0.2) is 9.58 Å². The zero-order valence-corrected chi connectivity index (χ0v) is 21.8. The number of rotatable bonds is 4. The van der Waals surface area contributed by atoms with Gasteiger partial charge in [-0.1, -0.05) is 24.3 Å². The number of aromatic nitrogens is 3. The second-order valence-electron chi connectivity index (χ2n) is 9.70. The van der Waals surface area contributed by atoms with Gasteiger partial charge in [0.25, 0.3) is 17.2 Å². The Morgan fingerprint density at radius 3 is 2.22 bits per heavy atom. The minimum absolute atomic E-state index is 0.0857. The van der Waals surface area contributed by atoms with Crippen molar-refractivity contribution in [2.24, 2.45) is 0 Å². The molecule has 0 saturated heterocycles. The van der Waals surface area contributed by atoms with Gasteiger partial charge >= 0.3 is 5.91 Å². The predicted octanol–water partition coefficient (Wildman–Crippen LogP) is 4.25. The number of imide groups is 1. The molecule has 0 unspecified atom stereocenters. The number of carbonyl (C=O) groups is 2. The number of nitrogens with one attached hydrogen (secondary N) is 1. The van der Waals surface area contributed by atoms with E-state index in [1.165, 1.54) is 4.68 Å². The lowest BCUT2D eigenvalue weighted by atomic mass is 10.0. The average Bonchev–Trinajstić information content (AvgIpc) is 3.28. The van der Waals surface area contributed by atoms with Crippen LogP contribution >= 0.6 is 0 Å². The molecule has 0 bridgehead atoms. The highest BCUT2D eigenvalue weighted by atomic mass is 16.2. The highest BCUT2D eigenvalue weighted by Gasteiger charge is 2.48. The van der Waals surface area contributed by atoms with Crippen molar-refractivity contribution < 1.29 is 14.2 Å². The highest BCUT2D eigenvalue weighted by molar-refractivity contribution is 6.53. The standard InChI is InChI=1S/C30H28N4O3/c1-17-9-7-11-23(15-17)33-28(35)26(27(30(33)37)32-14-13-18(2)20(4)16-32)25-22(6)31-34(29(25)36)24-12-8-10-19(3)21(24)5/h7-16H,1-6H3/p+1. The molecule has 2 amide bonds. The van der Waals surface area contributed by atoms with Crippen LogP contribution in [0.4, 0.5) is 5.69 Å². The summed E-state index contributed by atoms with van der Waals surface area (Å²) in [5.41, 5.74) is 6.66. The fraction of sp³-hybridized carbons (Fsp3) is 0.200. The molecule has 37 heavy (non-hydrogen) atoms. The van der Waals surface area contributed by atoms with Crippen LogP contribution in [0.1, 0.15) is 39.1 Å². The molecule has 0 radical (unpaired) electrons. The maximum atomic E-state index is 14.0. The van der Waals surface area contributed by atoms with E-state index in [2.05, 4.69) is 5.10 Å². The van der Waals surface area contributed by atoms with E-state index in [1.54, 1.807) is 35.9 Å². The molecule has 0 aliphatic carbocycles. The van der Waals surface area contributed by atoms with Crippen LogP contribution in [0.3, 0.4) is 0 Å². The van der Waals surface area contributed by atoms with Gasteiger partial charge in [-0.05, 0) is 82.0 Å². The quantitative estimate of drug-likeness (QED) is 0.341. The molecule has 2 aromatic carbocycles. The van der Waals surface area contributed by atoms with Crippen molar-refractivity contribution in [3.05, 3.63) is 110 Å². The number of anilines is 1. The first-order valence-corrected chi connectivity index (χ1v) is 12.2. The topological polar surface area (TPSA) is 79.1 Å². The molecule has 7 heteroatoms. The number of amides is 2. The number of aryl methyl sites for hydroxylation is 5. The largest absolute Gasteiger partial charge is 0.331 e. The minimum Gasteiger partial charge on any atom is -0.295 e. The lowest BCUT2D eigenvalue weighted by molar-refractivity contribution is -0.577. The molecule has 5 rings (SSSR count). The first-order valence-electron chi connectivity index (χ1n) is 12.2. The van der Waals surface area contributed by atoms with Gasteiger partial charge in [0, 0.05) is 17.3 Å². The summed E-state index contributed by atoms with van der Waals surface area (Å²) in [5, 5.41) is 3.14. The summed E-state index contributed by atoms with van der Waals surface area (Å²) in [6.45, 7) is 11.5. The number of pyridine rings is 1. The van der Waals surface area contributed by atoms with E-state index in [9.17, 15) is 14.4 Å². The summed E-state index contributed by atoms with van der Waals surface area (Å²) in [4.78, 5) is 43.0. The minimum atomic E-state index is -0.524. The van der Waals surface area contributed by atoms with E-state index in [-0.39, 0.29) is 22.4 Å². The van der Waals surface area contributed by atoms with Gasteiger partial charge in [-0.15, -0.1) is 0 Å². The number of H-pyrrole nitrogens is 1. The van der Waals surface area contributed by atoms with Crippen molar-refractivity contribution >= 4 is 28.8 Å². The molecular weight excluding hydrogens is 464 g/mol. The number of hydrogen-bond donors (Lipinski definition) is 1. The first kappa shape index (κ1) is 24.2. The zero-order chi connectivity index (χ0) is 26.6. The van der Waals surface area contributed by atoms with Gasteiger partial charge < -0.3 is 0 Å². The second-order valence-corrected chi connectivity index (χ2v) is 9.70. The first-order chi connectivity index (χ1) is 17.6. The van der Waals surface area contributed by atoms with Gasteiger partial charge in [-0.2, -0.15) is 4.57 Å². The third-order valence-corrected chi connectivity index (χ3v) is 7.16. The number of carbonyl (C=O) groups excluding carboxylic acids is 2. The van der Waals surface area contributed by atoms with Crippen LogP contribution in [0.25, 0.3) is 17.0 Å². The third kappa shape index (κ3) is 3.83. The molecule has 0 fully saturated rings. The molecule has 4 aromatic rings. The molecule has 186 valence electrons. The molecule has 1 N–H and O–H groups in total. The van der Waals surface area contributed by atoms with E-state index in [4.69, 9.17) is 0 Å². The molecular formula is C30H29N4O3+. The Morgan fingerprint density at radius 1 is 0.784 bits per heavy atom. The Bertz CT molecular complexity index is 1700. The molecule has 2 aromatic heterocycles. The summed E-state index contributed by atoms with van der Waals surface area (Å²) >= 11 is 0. The van der Waals surface area contributed by atoms with Crippen LogP contribution in [0, 0.1) is 41.5 Å². The summed E-state index contributed by atoms with van der Waals surface area (Å²) in [6, 6.07) is 14.9. The lowest BCUT2D eigenvalue weighted by Gasteiger charge is -2.14. The van der Waals surface area contributed by atoms with Gasteiger partial charge in [0.1, 0.15) is 5.57 Å². The predicted molar refractivity (Wildman–Crippen MR) is 143 cm³/mol. The Hall–Kier alpha value is -4.52. The van der Waals surface area contributed by atoms with Crippen molar-refractivity contribution in [3.8, 4) is 5.69 Å². The summed E-state index contributed by atoms with van der Waals surface area (Å²) in [6.07, 6.45) is 3.58.